The van der Waals surface area contributed by atoms with Crippen molar-refractivity contribution in [2.24, 2.45) is 0 Å². The Morgan fingerprint density at radius 1 is 1.42 bits per heavy atom. The molecule has 1 unspecified atom stereocenters. The zero-order valence-electron chi connectivity index (χ0n) is 11.2. The molecule has 0 saturated carbocycles. The Morgan fingerprint density at radius 2 is 2.21 bits per heavy atom. The summed E-state index contributed by atoms with van der Waals surface area (Å²) in [5.41, 5.74) is 1.46. The summed E-state index contributed by atoms with van der Waals surface area (Å²) in [7, 11) is 0. The maximum atomic E-state index is 11.0. The van der Waals surface area contributed by atoms with Crippen molar-refractivity contribution in [3.63, 3.8) is 0 Å². The molecule has 1 N–H and O–H groups in total. The minimum Gasteiger partial charge on any atom is -0.478 e. The lowest BCUT2D eigenvalue weighted by Crippen LogP contribution is -2.34. The molecule has 1 aromatic carbocycles. The summed E-state index contributed by atoms with van der Waals surface area (Å²) in [6.07, 6.45) is 6.17. The van der Waals surface area contributed by atoms with E-state index in [9.17, 15) is 4.79 Å². The van der Waals surface area contributed by atoms with Gasteiger partial charge in [-0.2, -0.15) is 0 Å². The maximum Gasteiger partial charge on any atom is 0.336 e. The number of hydrogen-bond donors (Lipinski definition) is 1. The van der Waals surface area contributed by atoms with E-state index in [-0.39, 0.29) is 0 Å². The molecule has 1 saturated heterocycles. The van der Waals surface area contributed by atoms with Crippen LogP contribution >= 0.6 is 15.9 Å². The predicted molar refractivity (Wildman–Crippen MR) is 81.0 cm³/mol. The number of nitrogens with zero attached hydrogens (tertiary/aromatic N) is 1. The lowest BCUT2D eigenvalue weighted by Gasteiger charge is -2.31. The van der Waals surface area contributed by atoms with Crippen LogP contribution in [0.15, 0.2) is 22.7 Å². The molecule has 2 rings (SSSR count). The summed E-state index contributed by atoms with van der Waals surface area (Å²) in [6, 6.07) is 6.14. The molecule has 0 amide bonds. The fourth-order valence-corrected chi connectivity index (χ4v) is 3.33. The van der Waals surface area contributed by atoms with Crippen LogP contribution in [0.2, 0.25) is 0 Å². The highest BCUT2D eigenvalue weighted by molar-refractivity contribution is 9.10. The van der Waals surface area contributed by atoms with Crippen LogP contribution in [0.5, 0.6) is 0 Å². The van der Waals surface area contributed by atoms with Gasteiger partial charge in [0.1, 0.15) is 0 Å². The first-order valence-corrected chi connectivity index (χ1v) is 7.72. The van der Waals surface area contributed by atoms with Crippen LogP contribution in [0.1, 0.15) is 49.4 Å². The van der Waals surface area contributed by atoms with Crippen molar-refractivity contribution in [2.75, 3.05) is 11.4 Å². The van der Waals surface area contributed by atoms with Gasteiger partial charge >= 0.3 is 5.97 Å². The van der Waals surface area contributed by atoms with E-state index in [1.54, 1.807) is 6.07 Å². The van der Waals surface area contributed by atoms with Crippen molar-refractivity contribution in [1.82, 2.24) is 0 Å². The van der Waals surface area contributed by atoms with Crippen molar-refractivity contribution in [2.45, 2.75) is 45.1 Å². The molecule has 3 nitrogen and oxygen atoms in total. The molecule has 19 heavy (non-hydrogen) atoms. The fraction of sp³-hybridized carbons (Fsp3) is 0.533. The van der Waals surface area contributed by atoms with Gasteiger partial charge in [0.2, 0.25) is 0 Å². The van der Waals surface area contributed by atoms with Crippen LogP contribution in [0, 0.1) is 0 Å². The molecule has 1 aromatic rings. The topological polar surface area (TPSA) is 40.5 Å². The first kappa shape index (κ1) is 14.4. The van der Waals surface area contributed by atoms with Gasteiger partial charge in [-0.15, -0.1) is 0 Å². The van der Waals surface area contributed by atoms with E-state index in [0.29, 0.717) is 16.1 Å². The first-order chi connectivity index (χ1) is 9.13. The van der Waals surface area contributed by atoms with Gasteiger partial charge in [-0.05, 0) is 53.4 Å². The molecule has 1 aliphatic rings. The highest BCUT2D eigenvalue weighted by Crippen LogP contribution is 2.29. The number of aromatic carboxylic acids is 1. The summed E-state index contributed by atoms with van der Waals surface area (Å²) >= 11 is 3.37. The SMILES string of the molecule is CCC1CCCCCN1c1ccc(C(=O)O)c(Br)c1. The molecule has 0 radical (unpaired) electrons. The number of carboxylic acids is 1. The second kappa shape index (κ2) is 6.42. The van der Waals surface area contributed by atoms with E-state index in [4.69, 9.17) is 5.11 Å². The highest BCUT2D eigenvalue weighted by atomic mass is 79.9. The summed E-state index contributed by atoms with van der Waals surface area (Å²) in [6.45, 7) is 3.29. The number of anilines is 1. The summed E-state index contributed by atoms with van der Waals surface area (Å²) in [4.78, 5) is 13.5. The van der Waals surface area contributed by atoms with Gasteiger partial charge in [-0.1, -0.05) is 19.8 Å². The number of carbonyl (C=O) groups is 1. The maximum absolute atomic E-state index is 11.0. The van der Waals surface area contributed by atoms with Crippen LogP contribution in [-0.2, 0) is 0 Å². The minimum absolute atomic E-state index is 0.326. The van der Waals surface area contributed by atoms with E-state index >= 15 is 0 Å². The average molecular weight is 326 g/mol. The van der Waals surface area contributed by atoms with Crippen LogP contribution < -0.4 is 4.90 Å². The molecule has 1 heterocycles. The largest absolute Gasteiger partial charge is 0.478 e. The van der Waals surface area contributed by atoms with Gasteiger partial charge < -0.3 is 10.0 Å². The molecule has 1 fully saturated rings. The van der Waals surface area contributed by atoms with Crippen molar-refractivity contribution < 1.29 is 9.90 Å². The summed E-state index contributed by atoms with van der Waals surface area (Å²) < 4.78 is 0.664. The number of benzene rings is 1. The van der Waals surface area contributed by atoms with Gasteiger partial charge in [0, 0.05) is 22.7 Å². The lowest BCUT2D eigenvalue weighted by molar-refractivity contribution is 0.0696. The molecule has 0 aliphatic carbocycles. The Kier molecular flexibility index (Phi) is 4.86. The summed E-state index contributed by atoms with van der Waals surface area (Å²) in [5.74, 6) is -0.888. The van der Waals surface area contributed by atoms with Crippen LogP contribution in [0.25, 0.3) is 0 Å². The van der Waals surface area contributed by atoms with Gasteiger partial charge in [0.05, 0.1) is 5.56 Å². The Balaban J connectivity index is 2.28. The average Bonchev–Trinajstić information content (AvgIpc) is 2.63. The third-order valence-corrected chi connectivity index (χ3v) is 4.52. The van der Waals surface area contributed by atoms with Gasteiger partial charge in [-0.25, -0.2) is 4.79 Å². The molecular formula is C15H20BrNO2. The number of halogens is 1. The minimum atomic E-state index is -0.888. The Bertz CT molecular complexity index is 461. The molecule has 0 spiro atoms. The zero-order valence-corrected chi connectivity index (χ0v) is 12.8. The van der Waals surface area contributed by atoms with E-state index in [2.05, 4.69) is 27.8 Å². The van der Waals surface area contributed by atoms with Gasteiger partial charge in [0.15, 0.2) is 0 Å². The number of carboxylic acid groups (broad SMARTS) is 1. The molecule has 4 heteroatoms. The summed E-state index contributed by atoms with van der Waals surface area (Å²) in [5, 5.41) is 9.07. The van der Waals surface area contributed by atoms with Gasteiger partial charge in [0.25, 0.3) is 0 Å². The van der Waals surface area contributed by atoms with E-state index in [1.165, 1.54) is 25.7 Å². The molecule has 0 bridgehead atoms. The number of hydrogen-bond acceptors (Lipinski definition) is 2. The first-order valence-electron chi connectivity index (χ1n) is 6.93. The second-order valence-corrected chi connectivity index (χ2v) is 5.93. The van der Waals surface area contributed by atoms with Crippen LogP contribution in [0.4, 0.5) is 5.69 Å². The Morgan fingerprint density at radius 3 is 2.84 bits per heavy atom. The van der Waals surface area contributed by atoms with Crippen molar-refractivity contribution >= 4 is 27.6 Å². The highest BCUT2D eigenvalue weighted by Gasteiger charge is 2.20. The predicted octanol–water partition coefficient (Wildman–Crippen LogP) is 4.31. The van der Waals surface area contributed by atoms with Crippen molar-refractivity contribution in [3.05, 3.63) is 28.2 Å². The van der Waals surface area contributed by atoms with Crippen molar-refractivity contribution in [3.8, 4) is 0 Å². The standard InChI is InChI=1S/C15H20BrNO2/c1-2-11-6-4-3-5-9-17(11)12-7-8-13(15(18)19)14(16)10-12/h7-8,10-11H,2-6,9H2,1H3,(H,18,19). The second-order valence-electron chi connectivity index (χ2n) is 5.07. The number of rotatable bonds is 3. The normalized spacial score (nSPS) is 20.1. The van der Waals surface area contributed by atoms with E-state index in [0.717, 1.165) is 18.7 Å². The monoisotopic (exact) mass is 325 g/mol. The van der Waals surface area contributed by atoms with E-state index < -0.39 is 5.97 Å². The smallest absolute Gasteiger partial charge is 0.336 e. The Hall–Kier alpha value is -1.03. The fourth-order valence-electron chi connectivity index (χ4n) is 2.80. The zero-order chi connectivity index (χ0) is 13.8. The lowest BCUT2D eigenvalue weighted by atomic mass is 10.1. The molecular weight excluding hydrogens is 306 g/mol. The van der Waals surface area contributed by atoms with E-state index in [1.807, 2.05) is 12.1 Å². The van der Waals surface area contributed by atoms with Crippen LogP contribution in [-0.4, -0.2) is 23.7 Å². The Labute approximate surface area is 122 Å². The van der Waals surface area contributed by atoms with Crippen LogP contribution in [0.3, 0.4) is 0 Å². The molecule has 1 aliphatic heterocycles. The third-order valence-electron chi connectivity index (χ3n) is 3.86. The van der Waals surface area contributed by atoms with Gasteiger partial charge in [-0.3, -0.25) is 0 Å². The molecule has 1 atom stereocenters. The molecule has 104 valence electrons. The molecule has 0 aromatic heterocycles. The van der Waals surface area contributed by atoms with Crippen molar-refractivity contribution in [1.29, 1.82) is 0 Å². The third kappa shape index (κ3) is 3.30. The quantitative estimate of drug-likeness (QED) is 0.900.